The van der Waals surface area contributed by atoms with Gasteiger partial charge >= 0.3 is 0 Å². The topological polar surface area (TPSA) is 43.9 Å². The Balaban J connectivity index is 0.000000255. The number of hydrogen-bond acceptors (Lipinski definition) is 3. The van der Waals surface area contributed by atoms with E-state index in [0.29, 0.717) is 0 Å². The van der Waals surface area contributed by atoms with Crippen LogP contribution in [0.25, 0.3) is 83.2 Å². The predicted octanol–water partition coefficient (Wildman–Crippen LogP) is 15.3. The van der Waals surface area contributed by atoms with E-state index in [1.54, 1.807) is 0 Å². The molecule has 61 heavy (non-hydrogen) atoms. The molecule has 7 aromatic carbocycles. The molecule has 0 atom stereocenters. The predicted molar refractivity (Wildman–Crippen MR) is 251 cm³/mol. The van der Waals surface area contributed by atoms with Crippen LogP contribution in [0.15, 0.2) is 162 Å². The molecule has 305 valence electrons. The van der Waals surface area contributed by atoms with Gasteiger partial charge in [0.2, 0.25) is 0 Å². The van der Waals surface area contributed by atoms with Crippen LogP contribution in [-0.2, 0) is 25.5 Å². The molecular weight excluding hydrogens is 923 g/mol. The van der Waals surface area contributed by atoms with E-state index in [1.165, 1.54) is 38.9 Å². The van der Waals surface area contributed by atoms with Crippen LogP contribution in [0.3, 0.4) is 0 Å². The minimum atomic E-state index is 0. The third-order valence-corrected chi connectivity index (χ3v) is 11.5. The molecule has 0 fully saturated rings. The van der Waals surface area contributed by atoms with Gasteiger partial charge in [0, 0.05) is 42.8 Å². The SMILES string of the molecule is CC(C)(C)c1ccc(-c2[c-]cccc2)nc1.CC(C)c1cc(-c2ccccc2)cc(C(C)C)c1-n1c(-c2[c-]ccc3c2oc2c4ccccc4ccc32)nc2ccccc21.[Ir]. The monoisotopic (exact) mass is 972 g/mol. The average Bonchev–Trinajstić information content (AvgIpc) is 3.86. The number of benzene rings is 7. The van der Waals surface area contributed by atoms with Gasteiger partial charge in [-0.15, -0.1) is 54.1 Å². The summed E-state index contributed by atoms with van der Waals surface area (Å²) in [5.41, 5.74) is 14.3. The number of fused-ring (bicyclic) bond motifs is 6. The molecule has 0 saturated heterocycles. The maximum absolute atomic E-state index is 6.79. The molecule has 0 bridgehead atoms. The molecular formula is C56H49IrN3O-2. The molecule has 0 amide bonds. The summed E-state index contributed by atoms with van der Waals surface area (Å²) < 4.78 is 9.15. The van der Waals surface area contributed by atoms with Gasteiger partial charge in [0.25, 0.3) is 0 Å². The summed E-state index contributed by atoms with van der Waals surface area (Å²) in [7, 11) is 0. The molecule has 0 saturated carbocycles. The number of furan rings is 1. The molecule has 5 heteroatoms. The molecule has 0 N–H and O–H groups in total. The number of imidazole rings is 1. The average molecular weight is 972 g/mol. The number of pyridine rings is 1. The molecule has 0 spiro atoms. The fourth-order valence-electron chi connectivity index (χ4n) is 8.22. The van der Waals surface area contributed by atoms with Crippen LogP contribution in [0, 0.1) is 12.1 Å². The Morgan fingerprint density at radius 1 is 0.607 bits per heavy atom. The van der Waals surface area contributed by atoms with Crippen LogP contribution in [-0.4, -0.2) is 14.5 Å². The summed E-state index contributed by atoms with van der Waals surface area (Å²) in [5, 5.41) is 4.46. The van der Waals surface area contributed by atoms with E-state index in [-0.39, 0.29) is 37.4 Å². The van der Waals surface area contributed by atoms with Crippen LogP contribution in [0.4, 0.5) is 0 Å². The second kappa shape index (κ2) is 17.1. The van der Waals surface area contributed by atoms with Crippen LogP contribution in [0.2, 0.25) is 0 Å². The van der Waals surface area contributed by atoms with E-state index in [9.17, 15) is 0 Å². The number of hydrogen-bond donors (Lipinski definition) is 0. The molecule has 4 nitrogen and oxygen atoms in total. The van der Waals surface area contributed by atoms with Crippen molar-refractivity contribution in [3.8, 4) is 39.5 Å². The van der Waals surface area contributed by atoms with Gasteiger partial charge in [-0.2, -0.15) is 0 Å². The summed E-state index contributed by atoms with van der Waals surface area (Å²) >= 11 is 0. The van der Waals surface area contributed by atoms with Crippen LogP contribution < -0.4 is 0 Å². The van der Waals surface area contributed by atoms with Gasteiger partial charge in [0.05, 0.1) is 22.4 Å². The smallest absolute Gasteiger partial charge is 0.128 e. The molecule has 3 aromatic heterocycles. The summed E-state index contributed by atoms with van der Waals surface area (Å²) in [6.07, 6.45) is 1.95. The van der Waals surface area contributed by atoms with Gasteiger partial charge in [-0.05, 0) is 80.4 Å². The van der Waals surface area contributed by atoms with E-state index in [4.69, 9.17) is 9.40 Å². The molecule has 0 unspecified atom stereocenters. The minimum absolute atomic E-state index is 0. The summed E-state index contributed by atoms with van der Waals surface area (Å²) in [5.74, 6) is 1.42. The van der Waals surface area contributed by atoms with Crippen molar-refractivity contribution in [3.63, 3.8) is 0 Å². The number of nitrogens with zero attached hydrogens (tertiary/aromatic N) is 3. The first kappa shape index (κ1) is 41.6. The summed E-state index contributed by atoms with van der Waals surface area (Å²) in [6, 6.07) is 59.6. The van der Waals surface area contributed by atoms with Crippen molar-refractivity contribution in [2.24, 2.45) is 0 Å². The Hall–Kier alpha value is -6.13. The summed E-state index contributed by atoms with van der Waals surface area (Å²) in [6.45, 7) is 15.7. The quantitative estimate of drug-likeness (QED) is 0.156. The maximum atomic E-state index is 6.79. The zero-order chi connectivity index (χ0) is 41.5. The van der Waals surface area contributed by atoms with E-state index >= 15 is 0 Å². The molecule has 0 aliphatic carbocycles. The number of rotatable bonds is 6. The zero-order valence-electron chi connectivity index (χ0n) is 35.7. The Kier molecular flexibility index (Phi) is 11.7. The Labute approximate surface area is 372 Å². The molecule has 1 radical (unpaired) electrons. The molecule has 10 aromatic rings. The Morgan fingerprint density at radius 3 is 1.98 bits per heavy atom. The molecule has 3 heterocycles. The fourth-order valence-corrected chi connectivity index (χ4v) is 8.22. The zero-order valence-corrected chi connectivity index (χ0v) is 38.1. The van der Waals surface area contributed by atoms with Crippen molar-refractivity contribution in [3.05, 3.63) is 187 Å². The number of para-hydroxylation sites is 2. The molecule has 10 rings (SSSR count). The fraction of sp³-hybridized carbons (Fsp3) is 0.179. The Bertz CT molecular complexity index is 3090. The van der Waals surface area contributed by atoms with E-state index in [2.05, 4.69) is 191 Å². The second-order valence-corrected chi connectivity index (χ2v) is 17.3. The second-order valence-electron chi connectivity index (χ2n) is 17.3. The van der Waals surface area contributed by atoms with Crippen molar-refractivity contribution < 1.29 is 24.5 Å². The van der Waals surface area contributed by atoms with E-state index in [0.717, 1.165) is 61.0 Å². The molecule has 0 aliphatic rings. The van der Waals surface area contributed by atoms with Gasteiger partial charge in [-0.25, -0.2) is 0 Å². The third-order valence-electron chi connectivity index (χ3n) is 11.5. The van der Waals surface area contributed by atoms with Crippen molar-refractivity contribution in [1.82, 2.24) is 14.5 Å². The van der Waals surface area contributed by atoms with Gasteiger partial charge in [0.1, 0.15) is 5.58 Å². The minimum Gasteiger partial charge on any atom is -0.500 e. The largest absolute Gasteiger partial charge is 0.500 e. The normalized spacial score (nSPS) is 11.7. The Morgan fingerprint density at radius 2 is 1.30 bits per heavy atom. The van der Waals surface area contributed by atoms with Crippen LogP contribution in [0.1, 0.15) is 77.0 Å². The van der Waals surface area contributed by atoms with Crippen molar-refractivity contribution >= 4 is 43.7 Å². The standard InChI is InChI=1S/C41H33N2O.C15H16N.Ir/c1-25(2)34-23-29(27-13-6-5-7-14-27)24-35(26(3)4)38(34)43-37-20-11-10-19-36(37)42-41(43)33-18-12-17-31-32-22-21-28-15-8-9-16-30(28)39(32)44-40(31)33;1-15(2,3)13-9-10-14(16-11-13)12-7-5-4-6-8-12;/h5-17,19-26H,1-4H3;4-7,9-11H,1-3H3;/q2*-1;. The third kappa shape index (κ3) is 7.97. The van der Waals surface area contributed by atoms with Crippen LogP contribution >= 0.6 is 0 Å². The van der Waals surface area contributed by atoms with Gasteiger partial charge < -0.3 is 14.0 Å². The first-order valence-corrected chi connectivity index (χ1v) is 21.0. The van der Waals surface area contributed by atoms with Crippen molar-refractivity contribution in [2.45, 2.75) is 65.7 Å². The van der Waals surface area contributed by atoms with Crippen molar-refractivity contribution in [1.29, 1.82) is 0 Å². The van der Waals surface area contributed by atoms with E-state index < -0.39 is 0 Å². The number of aromatic nitrogens is 3. The van der Waals surface area contributed by atoms with Gasteiger partial charge in [0.15, 0.2) is 0 Å². The maximum Gasteiger partial charge on any atom is 0.128 e. The van der Waals surface area contributed by atoms with E-state index in [1.807, 2.05) is 36.5 Å². The van der Waals surface area contributed by atoms with Crippen LogP contribution in [0.5, 0.6) is 0 Å². The summed E-state index contributed by atoms with van der Waals surface area (Å²) in [4.78, 5) is 9.78. The molecule has 0 aliphatic heterocycles. The van der Waals surface area contributed by atoms with Gasteiger partial charge in [-0.1, -0.05) is 150 Å². The van der Waals surface area contributed by atoms with Gasteiger partial charge in [-0.3, -0.25) is 4.98 Å². The van der Waals surface area contributed by atoms with Crippen molar-refractivity contribution in [2.75, 3.05) is 0 Å². The first-order chi connectivity index (χ1) is 29.1. The first-order valence-electron chi connectivity index (χ1n) is 21.0.